The molecular formula is C18H20FN3O3S. The summed E-state index contributed by atoms with van der Waals surface area (Å²) in [5.41, 5.74) is 0.539. The van der Waals surface area contributed by atoms with Crippen LogP contribution in [0, 0.1) is 18.2 Å². The maximum Gasteiger partial charge on any atom is 0.323 e. The number of nitrogens with zero attached hydrogens (tertiary/aromatic N) is 2. The lowest BCUT2D eigenvalue weighted by Gasteiger charge is -2.19. The molecule has 138 valence electrons. The number of thiazole rings is 1. The quantitative estimate of drug-likeness (QED) is 0.854. The zero-order valence-electron chi connectivity index (χ0n) is 14.6. The van der Waals surface area contributed by atoms with Gasteiger partial charge in [0.05, 0.1) is 5.41 Å². The van der Waals surface area contributed by atoms with E-state index in [9.17, 15) is 19.1 Å². The predicted molar refractivity (Wildman–Crippen MR) is 97.0 cm³/mol. The number of carboxylic acid groups (broad SMARTS) is 1. The molecule has 1 aliphatic rings. The fraction of sp³-hybridized carbons (Fsp3) is 0.389. The molecule has 1 aromatic carbocycles. The average Bonchev–Trinajstić information content (AvgIpc) is 3.19. The third kappa shape index (κ3) is 3.85. The largest absolute Gasteiger partial charge is 0.481 e. The fourth-order valence-corrected chi connectivity index (χ4v) is 3.71. The number of rotatable bonds is 4. The summed E-state index contributed by atoms with van der Waals surface area (Å²) in [6, 6.07) is 4.76. The second-order valence-electron chi connectivity index (χ2n) is 6.86. The second-order valence-corrected chi connectivity index (χ2v) is 7.97. The van der Waals surface area contributed by atoms with Crippen LogP contribution in [0.3, 0.4) is 0 Å². The molecule has 8 heteroatoms. The Bertz CT molecular complexity index is 854. The molecule has 1 atom stereocenters. The van der Waals surface area contributed by atoms with Crippen molar-refractivity contribution in [2.45, 2.75) is 26.7 Å². The van der Waals surface area contributed by atoms with Gasteiger partial charge in [0.25, 0.3) is 0 Å². The molecule has 1 saturated heterocycles. The molecule has 26 heavy (non-hydrogen) atoms. The van der Waals surface area contributed by atoms with Gasteiger partial charge in [0.15, 0.2) is 5.13 Å². The number of carboxylic acids is 1. The second kappa shape index (κ2) is 7.03. The highest BCUT2D eigenvalue weighted by Crippen LogP contribution is 2.31. The van der Waals surface area contributed by atoms with Crippen LogP contribution in [0.25, 0.3) is 0 Å². The third-order valence-electron chi connectivity index (χ3n) is 4.66. The molecule has 0 radical (unpaired) electrons. The van der Waals surface area contributed by atoms with E-state index in [4.69, 9.17) is 0 Å². The minimum Gasteiger partial charge on any atom is -0.481 e. The lowest BCUT2D eigenvalue weighted by atomic mass is 9.90. The van der Waals surface area contributed by atoms with Crippen LogP contribution in [0.15, 0.2) is 24.4 Å². The Labute approximate surface area is 154 Å². The van der Waals surface area contributed by atoms with Gasteiger partial charge in [0, 0.05) is 30.6 Å². The minimum absolute atomic E-state index is 0.176. The summed E-state index contributed by atoms with van der Waals surface area (Å²) in [6.45, 7) is 3.93. The van der Waals surface area contributed by atoms with Gasteiger partial charge in [-0.25, -0.2) is 14.2 Å². The lowest BCUT2D eigenvalue weighted by molar-refractivity contribution is -0.146. The number of hydrogen-bond donors (Lipinski definition) is 2. The molecule has 1 unspecified atom stereocenters. The number of carbonyl (C=O) groups excluding carboxylic acids is 1. The van der Waals surface area contributed by atoms with Crippen LogP contribution in [0.2, 0.25) is 0 Å². The molecule has 0 saturated carbocycles. The number of hydrogen-bond acceptors (Lipinski definition) is 4. The van der Waals surface area contributed by atoms with E-state index < -0.39 is 11.4 Å². The Morgan fingerprint density at radius 2 is 2.23 bits per heavy atom. The molecule has 0 spiro atoms. The SMILES string of the molecule is Cc1ccc(Cc2cnc(NC(=O)N3CCC(C)(C(=O)O)C3)s2)cc1F. The van der Waals surface area contributed by atoms with E-state index in [-0.39, 0.29) is 18.4 Å². The van der Waals surface area contributed by atoms with Gasteiger partial charge in [-0.2, -0.15) is 0 Å². The van der Waals surface area contributed by atoms with Gasteiger partial charge >= 0.3 is 12.0 Å². The first-order valence-electron chi connectivity index (χ1n) is 8.26. The average molecular weight is 377 g/mol. The molecule has 2 aromatic rings. The van der Waals surface area contributed by atoms with E-state index in [1.54, 1.807) is 26.1 Å². The van der Waals surface area contributed by atoms with Crippen LogP contribution >= 0.6 is 11.3 Å². The summed E-state index contributed by atoms with van der Waals surface area (Å²) >= 11 is 1.32. The maximum atomic E-state index is 13.6. The minimum atomic E-state index is -0.902. The highest BCUT2D eigenvalue weighted by molar-refractivity contribution is 7.15. The molecule has 0 bridgehead atoms. The molecule has 3 rings (SSSR count). The number of benzene rings is 1. The molecular weight excluding hydrogens is 357 g/mol. The predicted octanol–water partition coefficient (Wildman–Crippen LogP) is 3.51. The van der Waals surface area contributed by atoms with E-state index in [0.717, 1.165) is 10.4 Å². The van der Waals surface area contributed by atoms with Gasteiger partial charge in [0.2, 0.25) is 0 Å². The summed E-state index contributed by atoms with van der Waals surface area (Å²) in [4.78, 5) is 30.2. The van der Waals surface area contributed by atoms with Gasteiger partial charge in [0.1, 0.15) is 5.82 Å². The zero-order valence-corrected chi connectivity index (χ0v) is 15.4. The van der Waals surface area contributed by atoms with Gasteiger partial charge in [-0.3, -0.25) is 10.1 Å². The number of likely N-dealkylation sites (tertiary alicyclic amines) is 1. The smallest absolute Gasteiger partial charge is 0.323 e. The first kappa shape index (κ1) is 18.3. The van der Waals surface area contributed by atoms with Gasteiger partial charge < -0.3 is 10.0 Å². The number of aliphatic carboxylic acids is 1. The van der Waals surface area contributed by atoms with Crippen molar-refractivity contribution in [1.82, 2.24) is 9.88 Å². The van der Waals surface area contributed by atoms with Crippen LogP contribution in [0.5, 0.6) is 0 Å². The summed E-state index contributed by atoms with van der Waals surface area (Å²) in [6.07, 6.45) is 2.62. The highest BCUT2D eigenvalue weighted by Gasteiger charge is 2.42. The monoisotopic (exact) mass is 377 g/mol. The topological polar surface area (TPSA) is 82.5 Å². The first-order valence-corrected chi connectivity index (χ1v) is 9.07. The van der Waals surface area contributed by atoms with Crippen LogP contribution in [-0.2, 0) is 11.2 Å². The molecule has 2 amide bonds. The van der Waals surface area contributed by atoms with Gasteiger partial charge in [-0.15, -0.1) is 11.3 Å². The molecule has 6 nitrogen and oxygen atoms in total. The number of aromatic nitrogens is 1. The Hall–Kier alpha value is -2.48. The standard InChI is InChI=1S/C18H20FN3O3S/c1-11-3-4-12(8-14(11)19)7-13-9-20-16(26-13)21-17(25)22-6-5-18(2,10-22)15(23)24/h3-4,8-9H,5-7,10H2,1-2H3,(H,23,24)(H,20,21,25). The number of nitrogens with one attached hydrogen (secondary N) is 1. The Kier molecular flexibility index (Phi) is 4.95. The number of halogens is 1. The number of carbonyl (C=O) groups is 2. The van der Waals surface area contributed by atoms with Crippen LogP contribution < -0.4 is 5.32 Å². The zero-order chi connectivity index (χ0) is 18.9. The Balaban J connectivity index is 1.61. The molecule has 0 aliphatic carbocycles. The van der Waals surface area contributed by atoms with E-state index in [2.05, 4.69) is 10.3 Å². The number of aryl methyl sites for hydroxylation is 1. The fourth-order valence-electron chi connectivity index (χ4n) is 2.87. The number of amides is 2. The molecule has 2 heterocycles. The molecule has 1 aromatic heterocycles. The summed E-state index contributed by atoms with van der Waals surface area (Å²) in [5, 5.41) is 12.4. The van der Waals surface area contributed by atoms with Gasteiger partial charge in [-0.05, 0) is 37.5 Å². The molecule has 1 aliphatic heterocycles. The summed E-state index contributed by atoms with van der Waals surface area (Å²) in [5.74, 6) is -1.13. The summed E-state index contributed by atoms with van der Waals surface area (Å²) < 4.78 is 13.6. The van der Waals surface area contributed by atoms with Crippen molar-refractivity contribution in [3.05, 3.63) is 46.2 Å². The van der Waals surface area contributed by atoms with E-state index in [1.165, 1.54) is 22.3 Å². The van der Waals surface area contributed by atoms with Crippen molar-refractivity contribution in [2.24, 2.45) is 5.41 Å². The van der Waals surface area contributed by atoms with Crippen molar-refractivity contribution in [3.63, 3.8) is 0 Å². The third-order valence-corrected chi connectivity index (χ3v) is 5.57. The van der Waals surface area contributed by atoms with Crippen LogP contribution in [0.4, 0.5) is 14.3 Å². The van der Waals surface area contributed by atoms with E-state index >= 15 is 0 Å². The van der Waals surface area contributed by atoms with Crippen molar-refractivity contribution in [2.75, 3.05) is 18.4 Å². The van der Waals surface area contributed by atoms with Crippen molar-refractivity contribution in [3.8, 4) is 0 Å². The maximum absolute atomic E-state index is 13.6. The first-order chi connectivity index (χ1) is 12.3. The summed E-state index contributed by atoms with van der Waals surface area (Å²) in [7, 11) is 0. The number of anilines is 1. The normalized spacial score (nSPS) is 19.6. The van der Waals surface area contributed by atoms with Gasteiger partial charge in [-0.1, -0.05) is 12.1 Å². The van der Waals surface area contributed by atoms with E-state index in [0.29, 0.717) is 30.1 Å². The van der Waals surface area contributed by atoms with Crippen LogP contribution in [0.1, 0.15) is 29.3 Å². The highest BCUT2D eigenvalue weighted by atomic mass is 32.1. The van der Waals surface area contributed by atoms with Crippen molar-refractivity contribution in [1.29, 1.82) is 0 Å². The Morgan fingerprint density at radius 1 is 1.46 bits per heavy atom. The Morgan fingerprint density at radius 3 is 2.88 bits per heavy atom. The number of urea groups is 1. The van der Waals surface area contributed by atoms with Crippen molar-refractivity contribution >= 4 is 28.5 Å². The van der Waals surface area contributed by atoms with Crippen molar-refractivity contribution < 1.29 is 19.1 Å². The van der Waals surface area contributed by atoms with Crippen LogP contribution in [-0.4, -0.2) is 40.1 Å². The molecule has 2 N–H and O–H groups in total. The molecule has 1 fully saturated rings. The van der Waals surface area contributed by atoms with E-state index in [1.807, 2.05) is 6.07 Å². The lowest BCUT2D eigenvalue weighted by Crippen LogP contribution is -2.37.